The van der Waals surface area contributed by atoms with Crippen LogP contribution in [0.1, 0.15) is 22.8 Å². The van der Waals surface area contributed by atoms with Gasteiger partial charge in [0.2, 0.25) is 5.95 Å². The van der Waals surface area contributed by atoms with E-state index in [9.17, 15) is 8.42 Å². The Bertz CT molecular complexity index is 1590. The Balaban J connectivity index is 1.33. The molecule has 2 aromatic heterocycles. The fourth-order valence-corrected chi connectivity index (χ4v) is 5.03. The Morgan fingerprint density at radius 3 is 2.19 bits per heavy atom. The molecular weight excluding hydrogens is 472 g/mol. The summed E-state index contributed by atoms with van der Waals surface area (Å²) >= 11 is 0. The lowest BCUT2D eigenvalue weighted by Crippen LogP contribution is -2.16. The van der Waals surface area contributed by atoms with E-state index in [1.165, 1.54) is 5.56 Å². The highest BCUT2D eigenvalue weighted by atomic mass is 32.2. The van der Waals surface area contributed by atoms with Gasteiger partial charge in [-0.3, -0.25) is 0 Å². The Labute approximate surface area is 210 Å². The lowest BCUT2D eigenvalue weighted by atomic mass is 10.2. The van der Waals surface area contributed by atoms with Gasteiger partial charge in [0.1, 0.15) is 5.82 Å². The summed E-state index contributed by atoms with van der Waals surface area (Å²) < 4.78 is 30.3. The second-order valence-electron chi connectivity index (χ2n) is 8.55. The number of imidazole rings is 1. The Kier molecular flexibility index (Phi) is 6.39. The molecule has 0 saturated heterocycles. The molecule has 9 heteroatoms. The van der Waals surface area contributed by atoms with E-state index in [0.717, 1.165) is 22.5 Å². The predicted octanol–water partition coefficient (Wildman–Crippen LogP) is 4.90. The van der Waals surface area contributed by atoms with E-state index in [1.807, 2.05) is 36.4 Å². The molecule has 0 spiro atoms. The van der Waals surface area contributed by atoms with Crippen molar-refractivity contribution < 1.29 is 8.42 Å². The molecule has 0 bridgehead atoms. The van der Waals surface area contributed by atoms with Gasteiger partial charge >= 0.3 is 0 Å². The molecule has 0 amide bonds. The lowest BCUT2D eigenvalue weighted by Gasteiger charge is -2.12. The first-order valence-corrected chi connectivity index (χ1v) is 13.0. The van der Waals surface area contributed by atoms with E-state index in [1.54, 1.807) is 44.2 Å². The number of nitrogens with one attached hydrogen (secondary N) is 2. The molecule has 3 aromatic carbocycles. The highest BCUT2D eigenvalue weighted by Crippen LogP contribution is 2.21. The summed E-state index contributed by atoms with van der Waals surface area (Å²) in [5.41, 5.74) is 5.37. The quantitative estimate of drug-likeness (QED) is 0.315. The van der Waals surface area contributed by atoms with Crippen molar-refractivity contribution in [3.63, 3.8) is 0 Å². The molecule has 0 fully saturated rings. The van der Waals surface area contributed by atoms with Crippen LogP contribution in [-0.2, 0) is 23.1 Å². The van der Waals surface area contributed by atoms with Crippen LogP contribution in [0.3, 0.4) is 0 Å². The van der Waals surface area contributed by atoms with Crippen molar-refractivity contribution in [1.29, 1.82) is 0 Å². The van der Waals surface area contributed by atoms with Crippen molar-refractivity contribution in [2.75, 3.05) is 10.0 Å². The highest BCUT2D eigenvalue weighted by Gasteiger charge is 2.16. The minimum atomic E-state index is -3.81. The number of anilines is 2. The zero-order chi connectivity index (χ0) is 25.1. The number of nitrogens with zero attached hydrogens (tertiary/aromatic N) is 4. The minimum absolute atomic E-state index is 0.0621. The van der Waals surface area contributed by atoms with Gasteiger partial charge in [0.15, 0.2) is 0 Å². The molecule has 5 rings (SSSR count). The number of para-hydroxylation sites is 2. The van der Waals surface area contributed by atoms with E-state index >= 15 is 0 Å². The number of hydrogen-bond acceptors (Lipinski definition) is 6. The smallest absolute Gasteiger partial charge is 0.264 e. The van der Waals surface area contributed by atoms with Crippen LogP contribution in [0.5, 0.6) is 0 Å². The van der Waals surface area contributed by atoms with E-state index in [2.05, 4.69) is 42.8 Å². The molecule has 0 aliphatic rings. The van der Waals surface area contributed by atoms with Crippen LogP contribution >= 0.6 is 0 Å². The summed E-state index contributed by atoms with van der Waals surface area (Å²) in [7, 11) is -3.81. The first kappa shape index (κ1) is 23.5. The van der Waals surface area contributed by atoms with Crippen LogP contribution in [0.2, 0.25) is 0 Å². The molecule has 0 aliphatic carbocycles. The molecule has 182 valence electrons. The SMILES string of the molecule is Cc1cc(C)nc(NS(=O)(=O)c2ccc(NCc3nc4ccccc4n3Cc3ccccc3)cc2)n1. The highest BCUT2D eigenvalue weighted by molar-refractivity contribution is 7.92. The second kappa shape index (κ2) is 9.79. The molecule has 0 saturated carbocycles. The van der Waals surface area contributed by atoms with Gasteiger partial charge in [-0.05, 0) is 61.9 Å². The Hall–Kier alpha value is -4.24. The number of aromatic nitrogens is 4. The summed E-state index contributed by atoms with van der Waals surface area (Å²) in [4.78, 5) is 13.3. The van der Waals surface area contributed by atoms with Gasteiger partial charge in [0, 0.05) is 23.6 Å². The maximum Gasteiger partial charge on any atom is 0.264 e. The summed E-state index contributed by atoms with van der Waals surface area (Å²) in [6.07, 6.45) is 0. The van der Waals surface area contributed by atoms with Gasteiger partial charge in [-0.15, -0.1) is 0 Å². The fourth-order valence-electron chi connectivity index (χ4n) is 4.09. The Morgan fingerprint density at radius 2 is 1.47 bits per heavy atom. The van der Waals surface area contributed by atoms with Crippen LogP contribution in [0.4, 0.5) is 11.6 Å². The number of sulfonamides is 1. The monoisotopic (exact) mass is 498 g/mol. The van der Waals surface area contributed by atoms with Crippen LogP contribution in [0.25, 0.3) is 11.0 Å². The number of hydrogen-bond donors (Lipinski definition) is 2. The third-order valence-corrected chi connectivity index (χ3v) is 7.08. The van der Waals surface area contributed by atoms with Gasteiger partial charge in [-0.25, -0.2) is 28.1 Å². The second-order valence-corrected chi connectivity index (χ2v) is 10.2. The van der Waals surface area contributed by atoms with Gasteiger partial charge < -0.3 is 9.88 Å². The molecule has 0 unspecified atom stereocenters. The van der Waals surface area contributed by atoms with Crippen molar-refractivity contribution in [2.45, 2.75) is 31.8 Å². The maximum atomic E-state index is 12.8. The standard InChI is InChI=1S/C27H26N6O2S/c1-19-16-20(2)30-27(29-19)32-36(34,35)23-14-12-22(13-15-23)28-17-26-31-24-10-6-7-11-25(24)33(26)18-21-8-4-3-5-9-21/h3-16,28H,17-18H2,1-2H3,(H,29,30,32). The zero-order valence-corrected chi connectivity index (χ0v) is 20.8. The summed E-state index contributed by atoms with van der Waals surface area (Å²) in [5.74, 6) is 0.956. The molecule has 5 aromatic rings. The molecule has 0 atom stereocenters. The van der Waals surface area contributed by atoms with Crippen molar-refractivity contribution in [3.05, 3.63) is 108 Å². The predicted molar refractivity (Wildman–Crippen MR) is 141 cm³/mol. The topological polar surface area (TPSA) is 102 Å². The molecular formula is C27H26N6O2S. The van der Waals surface area contributed by atoms with E-state index in [4.69, 9.17) is 4.98 Å². The van der Waals surface area contributed by atoms with Gasteiger partial charge in [0.25, 0.3) is 10.0 Å². The van der Waals surface area contributed by atoms with Crippen molar-refractivity contribution >= 4 is 32.7 Å². The average molecular weight is 499 g/mol. The summed E-state index contributed by atoms with van der Waals surface area (Å²) in [6, 6.07) is 26.7. The summed E-state index contributed by atoms with van der Waals surface area (Å²) in [6.45, 7) is 4.78. The Morgan fingerprint density at radius 1 is 0.806 bits per heavy atom. The van der Waals surface area contributed by atoms with Crippen LogP contribution < -0.4 is 10.0 Å². The number of benzene rings is 3. The fraction of sp³-hybridized carbons (Fsp3) is 0.148. The van der Waals surface area contributed by atoms with Crippen molar-refractivity contribution in [2.24, 2.45) is 0 Å². The molecule has 0 radical (unpaired) electrons. The van der Waals surface area contributed by atoms with Crippen LogP contribution in [0.15, 0.2) is 89.8 Å². The molecule has 2 N–H and O–H groups in total. The van der Waals surface area contributed by atoms with Gasteiger partial charge in [-0.2, -0.15) is 0 Å². The molecule has 0 aliphatic heterocycles. The van der Waals surface area contributed by atoms with Gasteiger partial charge in [0.05, 0.1) is 22.5 Å². The third kappa shape index (κ3) is 5.21. The number of fused-ring (bicyclic) bond motifs is 1. The van der Waals surface area contributed by atoms with Crippen LogP contribution in [-0.4, -0.2) is 27.9 Å². The zero-order valence-electron chi connectivity index (χ0n) is 20.0. The lowest BCUT2D eigenvalue weighted by molar-refractivity contribution is 0.601. The first-order valence-electron chi connectivity index (χ1n) is 11.5. The third-order valence-electron chi connectivity index (χ3n) is 5.74. The number of aryl methyl sites for hydroxylation is 2. The molecule has 2 heterocycles. The van der Waals surface area contributed by atoms with E-state index in [0.29, 0.717) is 24.5 Å². The maximum absolute atomic E-state index is 12.8. The van der Waals surface area contributed by atoms with Gasteiger partial charge in [-0.1, -0.05) is 42.5 Å². The average Bonchev–Trinajstić information content (AvgIpc) is 3.20. The molecule has 8 nitrogen and oxygen atoms in total. The van der Waals surface area contributed by atoms with Crippen LogP contribution in [0, 0.1) is 13.8 Å². The summed E-state index contributed by atoms with van der Waals surface area (Å²) in [5, 5.41) is 3.37. The normalized spacial score (nSPS) is 11.5. The molecule has 36 heavy (non-hydrogen) atoms. The van der Waals surface area contributed by atoms with E-state index in [-0.39, 0.29) is 10.8 Å². The van der Waals surface area contributed by atoms with E-state index < -0.39 is 10.0 Å². The number of rotatable bonds is 8. The largest absolute Gasteiger partial charge is 0.378 e. The van der Waals surface area contributed by atoms with Crippen molar-refractivity contribution in [3.8, 4) is 0 Å². The van der Waals surface area contributed by atoms with Crippen molar-refractivity contribution in [1.82, 2.24) is 19.5 Å². The first-order chi connectivity index (χ1) is 17.4. The minimum Gasteiger partial charge on any atom is -0.378 e.